The average molecular weight is 360 g/mol. The molecule has 2 aromatic rings. The van der Waals surface area contributed by atoms with Gasteiger partial charge in [0.1, 0.15) is 0 Å². The molecular formula is C18H24N4O2S. The Morgan fingerprint density at radius 2 is 2.24 bits per heavy atom. The zero-order valence-electron chi connectivity index (χ0n) is 14.3. The van der Waals surface area contributed by atoms with Gasteiger partial charge in [-0.1, -0.05) is 6.07 Å². The van der Waals surface area contributed by atoms with Gasteiger partial charge in [-0.15, -0.1) is 11.3 Å². The van der Waals surface area contributed by atoms with Crippen LogP contribution in [0.15, 0.2) is 29.8 Å². The van der Waals surface area contributed by atoms with Crippen LogP contribution in [0.3, 0.4) is 0 Å². The molecule has 1 saturated heterocycles. The highest BCUT2D eigenvalue weighted by Gasteiger charge is 2.31. The normalized spacial score (nSPS) is 21.8. The summed E-state index contributed by atoms with van der Waals surface area (Å²) in [5, 5.41) is 9.54. The van der Waals surface area contributed by atoms with Crippen LogP contribution in [0.25, 0.3) is 0 Å². The van der Waals surface area contributed by atoms with Crippen LogP contribution in [0, 0.1) is 0 Å². The van der Waals surface area contributed by atoms with Crippen molar-refractivity contribution in [2.24, 2.45) is 0 Å². The lowest BCUT2D eigenvalue weighted by Crippen LogP contribution is -2.46. The van der Waals surface area contributed by atoms with Crippen molar-refractivity contribution in [3.05, 3.63) is 40.3 Å². The topological polar surface area (TPSA) is 59.4 Å². The summed E-state index contributed by atoms with van der Waals surface area (Å²) in [7, 11) is 0. The molecule has 25 heavy (non-hydrogen) atoms. The molecule has 0 bridgehead atoms. The van der Waals surface area contributed by atoms with Gasteiger partial charge in [0, 0.05) is 43.4 Å². The number of carbonyl (C=O) groups is 1. The highest BCUT2D eigenvalue weighted by Crippen LogP contribution is 2.27. The molecule has 1 fully saturated rings. The number of nitrogens with one attached hydrogen (secondary N) is 1. The van der Waals surface area contributed by atoms with Crippen LogP contribution in [-0.2, 0) is 22.6 Å². The molecule has 0 radical (unpaired) electrons. The Morgan fingerprint density at radius 3 is 3.04 bits per heavy atom. The van der Waals surface area contributed by atoms with Crippen molar-refractivity contribution in [2.45, 2.75) is 44.4 Å². The van der Waals surface area contributed by atoms with Gasteiger partial charge in [-0.3, -0.25) is 14.4 Å². The van der Waals surface area contributed by atoms with E-state index in [-0.39, 0.29) is 11.9 Å². The molecule has 6 nitrogen and oxygen atoms in total. The Balaban J connectivity index is 1.40. The average Bonchev–Trinajstić information content (AvgIpc) is 3.32. The SMILES string of the molecule is O=C(CC1CN(C2CCOCC2)Cc2ccnn21)NCc1cccs1. The molecule has 1 N–H and O–H groups in total. The smallest absolute Gasteiger partial charge is 0.222 e. The van der Waals surface area contributed by atoms with Crippen molar-refractivity contribution >= 4 is 17.2 Å². The fraction of sp³-hybridized carbons (Fsp3) is 0.556. The third-order valence-corrected chi connectivity index (χ3v) is 5.95. The van der Waals surface area contributed by atoms with Gasteiger partial charge in [0.25, 0.3) is 0 Å². The number of amides is 1. The van der Waals surface area contributed by atoms with Gasteiger partial charge in [-0.25, -0.2) is 0 Å². The molecule has 0 aromatic carbocycles. The van der Waals surface area contributed by atoms with E-state index in [0.29, 0.717) is 19.0 Å². The summed E-state index contributed by atoms with van der Waals surface area (Å²) in [5.41, 5.74) is 1.20. The second-order valence-electron chi connectivity index (χ2n) is 6.75. The Bertz CT molecular complexity index is 694. The zero-order valence-corrected chi connectivity index (χ0v) is 15.1. The van der Waals surface area contributed by atoms with E-state index >= 15 is 0 Å². The third kappa shape index (κ3) is 3.94. The summed E-state index contributed by atoms with van der Waals surface area (Å²) in [4.78, 5) is 16.1. The number of rotatable bonds is 5. The maximum Gasteiger partial charge on any atom is 0.222 e. The fourth-order valence-corrected chi connectivity index (χ4v) is 4.43. The molecule has 134 valence electrons. The molecule has 4 rings (SSSR count). The standard InChI is InChI=1S/C18H24N4O2S/c23-18(19-11-17-2-1-9-25-17)10-16-13-21(14-4-7-24-8-5-14)12-15-3-6-20-22(15)16/h1-3,6,9,14,16H,4-5,7-8,10-13H2,(H,19,23). The first-order valence-electron chi connectivity index (χ1n) is 8.93. The van der Waals surface area contributed by atoms with Crippen molar-refractivity contribution in [3.63, 3.8) is 0 Å². The second-order valence-corrected chi connectivity index (χ2v) is 7.79. The highest BCUT2D eigenvalue weighted by atomic mass is 32.1. The molecule has 1 amide bonds. The van der Waals surface area contributed by atoms with Crippen molar-refractivity contribution in [1.82, 2.24) is 20.0 Å². The minimum absolute atomic E-state index is 0.0914. The minimum atomic E-state index is 0.0914. The van der Waals surface area contributed by atoms with Crippen molar-refractivity contribution in [3.8, 4) is 0 Å². The lowest BCUT2D eigenvalue weighted by Gasteiger charge is -2.40. The lowest BCUT2D eigenvalue weighted by molar-refractivity contribution is -0.122. The largest absolute Gasteiger partial charge is 0.381 e. The van der Waals surface area contributed by atoms with Gasteiger partial charge in [-0.05, 0) is 30.4 Å². The van der Waals surface area contributed by atoms with E-state index in [2.05, 4.69) is 21.4 Å². The number of thiophene rings is 1. The second kappa shape index (κ2) is 7.68. The molecule has 1 atom stereocenters. The number of ether oxygens (including phenoxy) is 1. The lowest BCUT2D eigenvalue weighted by atomic mass is 10.0. The first kappa shape index (κ1) is 16.8. The molecule has 2 aliphatic rings. The van der Waals surface area contributed by atoms with Gasteiger partial charge in [0.05, 0.1) is 24.7 Å². The number of carbonyl (C=O) groups excluding carboxylic acids is 1. The Hall–Kier alpha value is -1.70. The van der Waals surface area contributed by atoms with E-state index in [1.807, 2.05) is 28.4 Å². The van der Waals surface area contributed by atoms with Gasteiger partial charge in [0.2, 0.25) is 5.91 Å². The molecular weight excluding hydrogens is 336 g/mol. The molecule has 0 aliphatic carbocycles. The maximum absolute atomic E-state index is 12.4. The van der Waals surface area contributed by atoms with Gasteiger partial charge >= 0.3 is 0 Å². The number of hydrogen-bond acceptors (Lipinski definition) is 5. The van der Waals surface area contributed by atoms with Crippen LogP contribution in [0.4, 0.5) is 0 Å². The highest BCUT2D eigenvalue weighted by molar-refractivity contribution is 7.09. The van der Waals surface area contributed by atoms with Gasteiger partial charge in [0.15, 0.2) is 0 Å². The summed E-state index contributed by atoms with van der Waals surface area (Å²) < 4.78 is 7.54. The van der Waals surface area contributed by atoms with E-state index in [0.717, 1.165) is 39.1 Å². The molecule has 0 saturated carbocycles. The zero-order chi connectivity index (χ0) is 17.1. The number of nitrogens with zero attached hydrogens (tertiary/aromatic N) is 3. The van der Waals surface area contributed by atoms with Crippen molar-refractivity contribution in [1.29, 1.82) is 0 Å². The van der Waals surface area contributed by atoms with Crippen LogP contribution in [0.2, 0.25) is 0 Å². The summed E-state index contributed by atoms with van der Waals surface area (Å²) >= 11 is 1.67. The summed E-state index contributed by atoms with van der Waals surface area (Å²) in [5.74, 6) is 0.0914. The fourth-order valence-electron chi connectivity index (χ4n) is 3.78. The van der Waals surface area contributed by atoms with Gasteiger partial charge < -0.3 is 10.1 Å². The Kier molecular flexibility index (Phi) is 5.14. The summed E-state index contributed by atoms with van der Waals surface area (Å²) in [6.07, 6.45) is 4.47. The molecule has 0 spiro atoms. The molecule has 1 unspecified atom stereocenters. The third-order valence-electron chi connectivity index (χ3n) is 5.08. The first-order chi connectivity index (χ1) is 12.3. The maximum atomic E-state index is 12.4. The number of aromatic nitrogens is 2. The van der Waals surface area contributed by atoms with Crippen LogP contribution in [-0.4, -0.2) is 46.4 Å². The first-order valence-corrected chi connectivity index (χ1v) is 9.81. The van der Waals surface area contributed by atoms with Gasteiger partial charge in [-0.2, -0.15) is 5.10 Å². The number of fused-ring (bicyclic) bond motifs is 1. The number of hydrogen-bond donors (Lipinski definition) is 1. The monoisotopic (exact) mass is 360 g/mol. The molecule has 4 heterocycles. The quantitative estimate of drug-likeness (QED) is 0.888. The van der Waals surface area contributed by atoms with E-state index < -0.39 is 0 Å². The summed E-state index contributed by atoms with van der Waals surface area (Å²) in [6.45, 7) is 4.08. The Labute approximate surface area is 151 Å². The minimum Gasteiger partial charge on any atom is -0.381 e. The molecule has 7 heteroatoms. The molecule has 2 aromatic heterocycles. The van der Waals surface area contributed by atoms with Crippen LogP contribution in [0.5, 0.6) is 0 Å². The Morgan fingerprint density at radius 1 is 1.36 bits per heavy atom. The van der Waals surface area contributed by atoms with E-state index in [9.17, 15) is 4.79 Å². The van der Waals surface area contributed by atoms with Crippen LogP contribution in [0.1, 0.15) is 35.9 Å². The predicted octanol–water partition coefficient (Wildman–Crippen LogP) is 2.19. The van der Waals surface area contributed by atoms with Crippen molar-refractivity contribution in [2.75, 3.05) is 19.8 Å². The molecule has 2 aliphatic heterocycles. The van der Waals surface area contributed by atoms with Crippen LogP contribution < -0.4 is 5.32 Å². The van der Waals surface area contributed by atoms with E-state index in [4.69, 9.17) is 4.74 Å². The van der Waals surface area contributed by atoms with E-state index in [1.165, 1.54) is 10.6 Å². The summed E-state index contributed by atoms with van der Waals surface area (Å²) in [6, 6.07) is 6.78. The predicted molar refractivity (Wildman–Crippen MR) is 96.3 cm³/mol. The van der Waals surface area contributed by atoms with E-state index in [1.54, 1.807) is 11.3 Å². The van der Waals surface area contributed by atoms with Crippen LogP contribution >= 0.6 is 11.3 Å². The van der Waals surface area contributed by atoms with Crippen molar-refractivity contribution < 1.29 is 9.53 Å².